The Morgan fingerprint density at radius 1 is 1.22 bits per heavy atom. The molecule has 0 bridgehead atoms. The van der Waals surface area contributed by atoms with Crippen LogP contribution in [0.5, 0.6) is 0 Å². The molecule has 8 heteroatoms. The summed E-state index contributed by atoms with van der Waals surface area (Å²) in [6, 6.07) is 0. The van der Waals surface area contributed by atoms with Gasteiger partial charge in [0.05, 0.1) is 5.54 Å². The molecule has 1 fully saturated rings. The fourth-order valence-electron chi connectivity index (χ4n) is 2.14. The van der Waals surface area contributed by atoms with Gasteiger partial charge in [-0.2, -0.15) is 13.2 Å². The first-order valence-electron chi connectivity index (χ1n) is 5.70. The molecule has 0 saturated heterocycles. The van der Waals surface area contributed by atoms with E-state index in [4.69, 9.17) is 11.6 Å². The highest BCUT2D eigenvalue weighted by atomic mass is 35.5. The first-order chi connectivity index (χ1) is 8.45. The number of hydrogen-bond acceptors (Lipinski definition) is 4. The van der Waals surface area contributed by atoms with Gasteiger partial charge in [-0.3, -0.25) is 0 Å². The molecule has 1 aliphatic carbocycles. The lowest BCUT2D eigenvalue weighted by molar-refractivity contribution is -0.138. The topological polar surface area (TPSA) is 37.8 Å². The molecule has 3 nitrogen and oxygen atoms in total. The number of halogens is 4. The summed E-state index contributed by atoms with van der Waals surface area (Å²) in [4.78, 5) is 0. The van der Waals surface area contributed by atoms with Gasteiger partial charge in [-0.05, 0) is 12.8 Å². The zero-order valence-electron chi connectivity index (χ0n) is 9.56. The van der Waals surface area contributed by atoms with Crippen molar-refractivity contribution < 1.29 is 13.2 Å². The molecule has 0 unspecified atom stereocenters. The number of anilines is 1. The Morgan fingerprint density at radius 2 is 1.89 bits per heavy atom. The maximum absolute atomic E-state index is 12.4. The van der Waals surface area contributed by atoms with Gasteiger partial charge in [0, 0.05) is 5.88 Å². The Labute approximate surface area is 112 Å². The molecule has 0 amide bonds. The highest BCUT2D eigenvalue weighted by molar-refractivity contribution is 7.15. The number of alkyl halides is 4. The Hall–Kier alpha value is -0.560. The van der Waals surface area contributed by atoms with Crippen molar-refractivity contribution in [2.45, 2.75) is 43.8 Å². The van der Waals surface area contributed by atoms with E-state index in [0.717, 1.165) is 32.1 Å². The number of aromatic nitrogens is 2. The van der Waals surface area contributed by atoms with Crippen molar-refractivity contribution in [3.63, 3.8) is 0 Å². The van der Waals surface area contributed by atoms with Gasteiger partial charge < -0.3 is 5.32 Å². The van der Waals surface area contributed by atoms with Gasteiger partial charge >= 0.3 is 6.18 Å². The minimum atomic E-state index is -4.43. The second-order valence-corrected chi connectivity index (χ2v) is 5.75. The molecule has 1 saturated carbocycles. The molecular weight excluding hydrogens is 287 g/mol. The molecule has 1 aromatic heterocycles. The van der Waals surface area contributed by atoms with Crippen molar-refractivity contribution in [3.8, 4) is 0 Å². The Morgan fingerprint density at radius 3 is 2.39 bits per heavy atom. The van der Waals surface area contributed by atoms with E-state index in [0.29, 0.717) is 17.2 Å². The number of hydrogen-bond donors (Lipinski definition) is 1. The summed E-state index contributed by atoms with van der Waals surface area (Å²) in [7, 11) is 0. The van der Waals surface area contributed by atoms with Gasteiger partial charge in [0.15, 0.2) is 0 Å². The van der Waals surface area contributed by atoms with Crippen molar-refractivity contribution in [1.82, 2.24) is 10.2 Å². The monoisotopic (exact) mass is 299 g/mol. The molecule has 0 radical (unpaired) electrons. The Kier molecular flexibility index (Phi) is 4.01. The van der Waals surface area contributed by atoms with Crippen LogP contribution in [-0.4, -0.2) is 21.6 Å². The van der Waals surface area contributed by atoms with Crippen LogP contribution in [0.15, 0.2) is 0 Å². The highest BCUT2D eigenvalue weighted by Crippen LogP contribution is 2.37. The average molecular weight is 300 g/mol. The van der Waals surface area contributed by atoms with Gasteiger partial charge in [0.1, 0.15) is 0 Å². The predicted octanol–water partition coefficient (Wildman–Crippen LogP) is 3.91. The van der Waals surface area contributed by atoms with Crippen LogP contribution >= 0.6 is 22.9 Å². The number of nitrogens with one attached hydrogen (secondary N) is 1. The van der Waals surface area contributed by atoms with Gasteiger partial charge in [0.25, 0.3) is 0 Å². The number of rotatable bonds is 3. The minimum absolute atomic E-state index is 0.199. The summed E-state index contributed by atoms with van der Waals surface area (Å²) in [6.45, 7) is 0. The van der Waals surface area contributed by atoms with Crippen LogP contribution in [0.25, 0.3) is 0 Å². The second kappa shape index (κ2) is 5.21. The lowest BCUT2D eigenvalue weighted by atomic mass is 9.83. The van der Waals surface area contributed by atoms with Crippen molar-refractivity contribution in [1.29, 1.82) is 0 Å². The minimum Gasteiger partial charge on any atom is -0.353 e. The van der Waals surface area contributed by atoms with E-state index in [2.05, 4.69) is 15.5 Å². The van der Waals surface area contributed by atoms with Gasteiger partial charge in [0.2, 0.25) is 10.1 Å². The lowest BCUT2D eigenvalue weighted by Gasteiger charge is -2.36. The van der Waals surface area contributed by atoms with Gasteiger partial charge in [-0.15, -0.1) is 21.8 Å². The second-order valence-electron chi connectivity index (χ2n) is 4.51. The number of nitrogens with zero attached hydrogens (tertiary/aromatic N) is 2. The van der Waals surface area contributed by atoms with Crippen LogP contribution in [0.1, 0.15) is 37.1 Å². The molecule has 0 spiro atoms. The van der Waals surface area contributed by atoms with E-state index >= 15 is 0 Å². The third-order valence-corrected chi connectivity index (χ3v) is 4.50. The van der Waals surface area contributed by atoms with Gasteiger partial charge in [-0.1, -0.05) is 30.6 Å². The molecule has 2 rings (SSSR count). The van der Waals surface area contributed by atoms with Crippen LogP contribution in [0, 0.1) is 0 Å². The van der Waals surface area contributed by atoms with Crippen LogP contribution in [-0.2, 0) is 6.18 Å². The summed E-state index contributed by atoms with van der Waals surface area (Å²) in [5, 5.41) is 9.03. The Balaban J connectivity index is 2.10. The summed E-state index contributed by atoms with van der Waals surface area (Å²) >= 11 is 6.49. The molecule has 18 heavy (non-hydrogen) atoms. The summed E-state index contributed by atoms with van der Waals surface area (Å²) in [5.41, 5.74) is -0.331. The molecule has 1 aliphatic rings. The standard InChI is InChI=1S/C10H13ClF3N3S/c11-6-9(4-2-1-3-5-9)15-8-17-16-7(18-8)10(12,13)14/h1-6H2,(H,15,17). The largest absolute Gasteiger partial charge is 0.445 e. The van der Waals surface area contributed by atoms with Crippen LogP contribution < -0.4 is 5.32 Å². The quantitative estimate of drug-likeness (QED) is 0.860. The van der Waals surface area contributed by atoms with E-state index < -0.39 is 11.2 Å². The summed E-state index contributed by atoms with van der Waals surface area (Å²) in [6.07, 6.45) is 0.493. The van der Waals surface area contributed by atoms with E-state index in [9.17, 15) is 13.2 Å². The molecule has 1 heterocycles. The highest BCUT2D eigenvalue weighted by Gasteiger charge is 2.37. The zero-order valence-corrected chi connectivity index (χ0v) is 11.1. The first kappa shape index (κ1) is 13.9. The maximum atomic E-state index is 12.4. The van der Waals surface area contributed by atoms with E-state index in [-0.39, 0.29) is 10.7 Å². The van der Waals surface area contributed by atoms with Crippen molar-refractivity contribution in [2.75, 3.05) is 11.2 Å². The third kappa shape index (κ3) is 3.06. The van der Waals surface area contributed by atoms with Crippen molar-refractivity contribution in [3.05, 3.63) is 5.01 Å². The van der Waals surface area contributed by atoms with Crippen LogP contribution in [0.4, 0.5) is 18.3 Å². The van der Waals surface area contributed by atoms with Gasteiger partial charge in [-0.25, -0.2) is 0 Å². The fourth-order valence-corrected chi connectivity index (χ4v) is 3.20. The molecule has 0 aromatic carbocycles. The molecule has 0 atom stereocenters. The summed E-state index contributed by atoms with van der Waals surface area (Å²) in [5.74, 6) is 0.369. The van der Waals surface area contributed by atoms with Crippen molar-refractivity contribution in [2.24, 2.45) is 0 Å². The molecule has 102 valence electrons. The molecule has 1 N–H and O–H groups in total. The molecule has 1 aromatic rings. The first-order valence-corrected chi connectivity index (χ1v) is 7.05. The van der Waals surface area contributed by atoms with Crippen LogP contribution in [0.3, 0.4) is 0 Å². The third-order valence-electron chi connectivity index (χ3n) is 3.11. The van der Waals surface area contributed by atoms with Crippen LogP contribution in [0.2, 0.25) is 0 Å². The SMILES string of the molecule is FC(F)(F)c1nnc(NC2(CCl)CCCCC2)s1. The zero-order chi connectivity index (χ0) is 13.2. The summed E-state index contributed by atoms with van der Waals surface area (Å²) < 4.78 is 37.2. The predicted molar refractivity (Wildman–Crippen MR) is 65.1 cm³/mol. The molecule has 0 aliphatic heterocycles. The fraction of sp³-hybridized carbons (Fsp3) is 0.800. The van der Waals surface area contributed by atoms with Crippen molar-refractivity contribution >= 4 is 28.1 Å². The maximum Gasteiger partial charge on any atom is 0.445 e. The smallest absolute Gasteiger partial charge is 0.353 e. The Bertz CT molecular complexity index is 401. The van der Waals surface area contributed by atoms with E-state index in [1.807, 2.05) is 0 Å². The normalized spacial score (nSPS) is 19.8. The average Bonchev–Trinajstić information content (AvgIpc) is 2.78. The lowest BCUT2D eigenvalue weighted by Crippen LogP contribution is -2.42. The van der Waals surface area contributed by atoms with E-state index in [1.54, 1.807) is 0 Å². The molecular formula is C10H13ClF3N3S. The van der Waals surface area contributed by atoms with E-state index in [1.165, 1.54) is 0 Å².